The zero-order chi connectivity index (χ0) is 15.3. The van der Waals surface area contributed by atoms with Crippen LogP contribution in [0.2, 0.25) is 0 Å². The average molecular weight is 336 g/mol. The summed E-state index contributed by atoms with van der Waals surface area (Å²) in [4.78, 5) is 10.9. The summed E-state index contributed by atoms with van der Waals surface area (Å²) in [6.45, 7) is 2.71. The van der Waals surface area contributed by atoms with Gasteiger partial charge in [0.1, 0.15) is 0 Å². The van der Waals surface area contributed by atoms with Crippen LogP contribution in [0, 0.1) is 0 Å². The van der Waals surface area contributed by atoms with Crippen LogP contribution in [0.3, 0.4) is 0 Å². The smallest absolute Gasteiger partial charge is 0.269 e. The standard InChI is InChI=1S/C10H16N4O5S2/c1-7(15)12-9-13-14-10(20-9)21(16,17)11-4-3-8-18-5-2-6-19-8/h8,11H,2-6H2,1H3,(H,12,13,15). The molecule has 0 aliphatic carbocycles. The molecule has 0 bridgehead atoms. The van der Waals surface area contributed by atoms with Gasteiger partial charge in [-0.25, -0.2) is 13.1 Å². The molecule has 1 aliphatic rings. The van der Waals surface area contributed by atoms with E-state index >= 15 is 0 Å². The van der Waals surface area contributed by atoms with E-state index in [1.54, 1.807) is 0 Å². The molecule has 1 aromatic rings. The zero-order valence-corrected chi connectivity index (χ0v) is 13.0. The molecule has 9 nitrogen and oxygen atoms in total. The fourth-order valence-corrected chi connectivity index (χ4v) is 3.63. The van der Waals surface area contributed by atoms with Gasteiger partial charge in [0.2, 0.25) is 15.4 Å². The van der Waals surface area contributed by atoms with Crippen molar-refractivity contribution >= 4 is 32.4 Å². The Morgan fingerprint density at radius 1 is 1.38 bits per heavy atom. The third-order valence-corrected chi connectivity index (χ3v) is 5.15. The Labute approximate surface area is 126 Å². The normalized spacial score (nSPS) is 16.8. The van der Waals surface area contributed by atoms with Crippen molar-refractivity contribution in [2.24, 2.45) is 0 Å². The van der Waals surface area contributed by atoms with E-state index in [1.807, 2.05) is 0 Å². The van der Waals surface area contributed by atoms with Gasteiger partial charge in [-0.3, -0.25) is 4.79 Å². The number of ether oxygens (including phenoxy) is 2. The van der Waals surface area contributed by atoms with Crippen molar-refractivity contribution in [3.05, 3.63) is 0 Å². The minimum atomic E-state index is -3.74. The molecule has 2 heterocycles. The molecule has 1 fully saturated rings. The molecular formula is C10H16N4O5S2. The number of hydrogen-bond acceptors (Lipinski definition) is 8. The summed E-state index contributed by atoms with van der Waals surface area (Å²) in [5, 5.41) is 9.66. The highest BCUT2D eigenvalue weighted by molar-refractivity contribution is 7.91. The lowest BCUT2D eigenvalue weighted by atomic mass is 10.4. The fourth-order valence-electron chi connectivity index (χ4n) is 1.60. The SMILES string of the molecule is CC(=O)Nc1nnc(S(=O)(=O)NCCC2OCCCO2)s1. The van der Waals surface area contributed by atoms with Crippen LogP contribution in [-0.4, -0.2) is 50.6 Å². The molecule has 0 saturated carbocycles. The van der Waals surface area contributed by atoms with Gasteiger partial charge in [-0.2, -0.15) is 0 Å². The molecule has 2 N–H and O–H groups in total. The second-order valence-electron chi connectivity index (χ2n) is 4.27. The van der Waals surface area contributed by atoms with Crippen LogP contribution in [0.4, 0.5) is 5.13 Å². The van der Waals surface area contributed by atoms with Gasteiger partial charge in [-0.15, -0.1) is 10.2 Å². The van der Waals surface area contributed by atoms with E-state index in [0.29, 0.717) is 19.6 Å². The Hall–Kier alpha value is -1.14. The van der Waals surface area contributed by atoms with Gasteiger partial charge in [0.25, 0.3) is 10.0 Å². The predicted octanol–water partition coefficient (Wildman–Crippen LogP) is -0.0721. The maximum absolute atomic E-state index is 12.0. The van der Waals surface area contributed by atoms with E-state index in [1.165, 1.54) is 6.92 Å². The Balaban J connectivity index is 1.85. The number of aromatic nitrogens is 2. The highest BCUT2D eigenvalue weighted by Crippen LogP contribution is 2.19. The van der Waals surface area contributed by atoms with Crippen LogP contribution in [0.1, 0.15) is 19.8 Å². The van der Waals surface area contributed by atoms with Gasteiger partial charge < -0.3 is 14.8 Å². The van der Waals surface area contributed by atoms with Crippen molar-refractivity contribution in [2.75, 3.05) is 25.1 Å². The molecule has 2 rings (SSSR count). The largest absolute Gasteiger partial charge is 0.353 e. The molecule has 0 atom stereocenters. The third-order valence-electron chi connectivity index (χ3n) is 2.49. The van der Waals surface area contributed by atoms with Crippen molar-refractivity contribution in [3.8, 4) is 0 Å². The Kier molecular flexibility index (Phi) is 5.58. The van der Waals surface area contributed by atoms with Crippen LogP contribution >= 0.6 is 11.3 Å². The first-order valence-electron chi connectivity index (χ1n) is 6.31. The van der Waals surface area contributed by atoms with E-state index in [2.05, 4.69) is 20.2 Å². The Bertz CT molecular complexity index is 582. The van der Waals surface area contributed by atoms with Crippen LogP contribution in [0.15, 0.2) is 4.34 Å². The van der Waals surface area contributed by atoms with Gasteiger partial charge in [0.15, 0.2) is 6.29 Å². The van der Waals surface area contributed by atoms with Gasteiger partial charge >= 0.3 is 0 Å². The molecule has 118 valence electrons. The van der Waals surface area contributed by atoms with Crippen LogP contribution in [0.5, 0.6) is 0 Å². The summed E-state index contributed by atoms with van der Waals surface area (Å²) >= 11 is 0.787. The van der Waals surface area contributed by atoms with Crippen molar-refractivity contribution in [2.45, 2.75) is 30.4 Å². The lowest BCUT2D eigenvalue weighted by Gasteiger charge is -2.22. The van der Waals surface area contributed by atoms with E-state index < -0.39 is 10.0 Å². The first-order chi connectivity index (χ1) is 9.97. The maximum atomic E-state index is 12.0. The van der Waals surface area contributed by atoms with Gasteiger partial charge in [-0.05, 0) is 6.42 Å². The molecule has 1 saturated heterocycles. The van der Waals surface area contributed by atoms with E-state index in [9.17, 15) is 13.2 Å². The summed E-state index contributed by atoms with van der Waals surface area (Å²) in [5.41, 5.74) is 0. The Morgan fingerprint density at radius 3 is 2.76 bits per heavy atom. The van der Waals surface area contributed by atoms with Crippen LogP contribution in [-0.2, 0) is 24.3 Å². The summed E-state index contributed by atoms with van der Waals surface area (Å²) in [6.07, 6.45) is 0.876. The maximum Gasteiger partial charge on any atom is 0.269 e. The van der Waals surface area contributed by atoms with Crippen LogP contribution in [0.25, 0.3) is 0 Å². The minimum Gasteiger partial charge on any atom is -0.353 e. The van der Waals surface area contributed by atoms with Crippen molar-refractivity contribution in [1.29, 1.82) is 0 Å². The number of hydrogen-bond donors (Lipinski definition) is 2. The summed E-state index contributed by atoms with van der Waals surface area (Å²) < 4.78 is 36.8. The molecule has 0 unspecified atom stereocenters. The molecule has 0 radical (unpaired) electrons. The first kappa shape index (κ1) is 16.2. The van der Waals surface area contributed by atoms with Crippen LogP contribution < -0.4 is 10.0 Å². The van der Waals surface area contributed by atoms with Gasteiger partial charge in [0.05, 0.1) is 13.2 Å². The second-order valence-corrected chi connectivity index (χ2v) is 7.18. The average Bonchev–Trinajstić information content (AvgIpc) is 2.88. The number of rotatable bonds is 6. The number of nitrogens with one attached hydrogen (secondary N) is 2. The third kappa shape index (κ3) is 4.97. The molecule has 1 aliphatic heterocycles. The van der Waals surface area contributed by atoms with Gasteiger partial charge in [0, 0.05) is 19.9 Å². The lowest BCUT2D eigenvalue weighted by molar-refractivity contribution is -0.180. The van der Waals surface area contributed by atoms with E-state index in [0.717, 1.165) is 17.8 Å². The molecule has 21 heavy (non-hydrogen) atoms. The number of carbonyl (C=O) groups excluding carboxylic acids is 1. The van der Waals surface area contributed by atoms with E-state index in [4.69, 9.17) is 9.47 Å². The minimum absolute atomic E-state index is 0.141. The number of carbonyl (C=O) groups is 1. The van der Waals surface area contributed by atoms with Gasteiger partial charge in [-0.1, -0.05) is 11.3 Å². The molecule has 0 aromatic carbocycles. The summed E-state index contributed by atoms with van der Waals surface area (Å²) in [5.74, 6) is -0.338. The lowest BCUT2D eigenvalue weighted by Crippen LogP contribution is -2.31. The molecule has 11 heteroatoms. The second kappa shape index (κ2) is 7.22. The number of nitrogens with zero attached hydrogens (tertiary/aromatic N) is 2. The highest BCUT2D eigenvalue weighted by Gasteiger charge is 2.21. The zero-order valence-electron chi connectivity index (χ0n) is 11.4. The number of anilines is 1. The van der Waals surface area contributed by atoms with E-state index in [-0.39, 0.29) is 28.2 Å². The van der Waals surface area contributed by atoms with Crippen molar-refractivity contribution in [3.63, 3.8) is 0 Å². The Morgan fingerprint density at radius 2 is 2.10 bits per heavy atom. The van der Waals surface area contributed by atoms with Crippen molar-refractivity contribution < 1.29 is 22.7 Å². The predicted molar refractivity (Wildman–Crippen MR) is 74.3 cm³/mol. The first-order valence-corrected chi connectivity index (χ1v) is 8.61. The molecule has 1 aromatic heterocycles. The van der Waals surface area contributed by atoms with Crippen molar-refractivity contribution in [1.82, 2.24) is 14.9 Å². The summed E-state index contributed by atoms with van der Waals surface area (Å²) in [7, 11) is -3.74. The fraction of sp³-hybridized carbons (Fsp3) is 0.700. The summed E-state index contributed by atoms with van der Waals surface area (Å²) in [6, 6.07) is 0. The molecular weight excluding hydrogens is 320 g/mol. The monoisotopic (exact) mass is 336 g/mol. The highest BCUT2D eigenvalue weighted by atomic mass is 32.2. The quantitative estimate of drug-likeness (QED) is 0.698. The number of amides is 1. The topological polar surface area (TPSA) is 120 Å². The molecule has 1 amide bonds. The molecule has 0 spiro atoms. The number of sulfonamides is 1.